The van der Waals surface area contributed by atoms with Crippen LogP contribution in [0.15, 0.2) is 71.8 Å². The molecule has 8 nitrogen and oxygen atoms in total. The predicted octanol–water partition coefficient (Wildman–Crippen LogP) is 3.37. The van der Waals surface area contributed by atoms with Crippen LogP contribution in [0.2, 0.25) is 0 Å². The first-order valence-electron chi connectivity index (χ1n) is 9.74. The first kappa shape index (κ1) is 21.0. The van der Waals surface area contributed by atoms with Gasteiger partial charge in [-0.1, -0.05) is 30.3 Å². The van der Waals surface area contributed by atoms with Crippen molar-refractivity contribution in [2.45, 2.75) is 11.8 Å². The van der Waals surface area contributed by atoms with Crippen molar-refractivity contribution in [1.82, 2.24) is 19.3 Å². The number of nitrogens with zero attached hydrogens (tertiary/aromatic N) is 3. The SMILES string of the molecule is COCCNS(=O)(=O)c1ccc(Nc2cc(-c3ccccc3)nc3c(C)cnn23)cc1. The number of ether oxygens (including phenoxy) is 1. The number of fused-ring (bicyclic) bond motifs is 1. The summed E-state index contributed by atoms with van der Waals surface area (Å²) in [5.41, 5.74) is 4.27. The minimum Gasteiger partial charge on any atom is -0.383 e. The lowest BCUT2D eigenvalue weighted by Gasteiger charge is -2.12. The maximum atomic E-state index is 12.3. The Balaban J connectivity index is 1.64. The van der Waals surface area contributed by atoms with Crippen LogP contribution in [0.25, 0.3) is 16.9 Å². The molecule has 4 aromatic rings. The molecule has 0 saturated heterocycles. The van der Waals surface area contributed by atoms with Crippen molar-refractivity contribution < 1.29 is 13.2 Å². The Morgan fingerprint density at radius 3 is 2.52 bits per heavy atom. The van der Waals surface area contributed by atoms with Crippen LogP contribution < -0.4 is 10.0 Å². The van der Waals surface area contributed by atoms with Crippen LogP contribution in [-0.4, -0.2) is 43.3 Å². The van der Waals surface area contributed by atoms with E-state index in [9.17, 15) is 8.42 Å². The number of nitrogens with one attached hydrogen (secondary N) is 2. The normalized spacial score (nSPS) is 11.7. The van der Waals surface area contributed by atoms with Crippen LogP contribution in [0, 0.1) is 6.92 Å². The lowest BCUT2D eigenvalue weighted by atomic mass is 10.1. The van der Waals surface area contributed by atoms with Crippen molar-refractivity contribution in [1.29, 1.82) is 0 Å². The van der Waals surface area contributed by atoms with Crippen molar-refractivity contribution in [3.05, 3.63) is 72.4 Å². The molecule has 0 spiro atoms. The molecule has 0 amide bonds. The smallest absolute Gasteiger partial charge is 0.240 e. The molecule has 2 N–H and O–H groups in total. The van der Waals surface area contributed by atoms with Crippen LogP contribution >= 0.6 is 0 Å². The molecule has 0 fully saturated rings. The van der Waals surface area contributed by atoms with E-state index in [0.717, 1.165) is 34.0 Å². The van der Waals surface area contributed by atoms with Gasteiger partial charge in [-0.3, -0.25) is 0 Å². The highest BCUT2D eigenvalue weighted by molar-refractivity contribution is 7.89. The molecule has 0 radical (unpaired) electrons. The van der Waals surface area contributed by atoms with Crippen LogP contribution in [-0.2, 0) is 14.8 Å². The van der Waals surface area contributed by atoms with Crippen molar-refractivity contribution in [2.24, 2.45) is 0 Å². The highest BCUT2D eigenvalue weighted by atomic mass is 32.2. The van der Waals surface area contributed by atoms with Gasteiger partial charge in [-0.25, -0.2) is 18.1 Å². The van der Waals surface area contributed by atoms with Crippen LogP contribution in [0.5, 0.6) is 0 Å². The molecule has 160 valence electrons. The molecule has 0 aliphatic heterocycles. The van der Waals surface area contributed by atoms with E-state index in [1.807, 2.05) is 43.3 Å². The number of hydrogen-bond acceptors (Lipinski definition) is 6. The number of rotatable bonds is 8. The number of methoxy groups -OCH3 is 1. The van der Waals surface area contributed by atoms with Gasteiger partial charge < -0.3 is 10.1 Å². The number of aromatic nitrogens is 3. The second kappa shape index (κ2) is 8.84. The zero-order valence-electron chi connectivity index (χ0n) is 17.2. The summed E-state index contributed by atoms with van der Waals surface area (Å²) in [4.78, 5) is 4.94. The van der Waals surface area contributed by atoms with E-state index in [4.69, 9.17) is 9.72 Å². The minimum absolute atomic E-state index is 0.189. The molecule has 4 rings (SSSR count). The van der Waals surface area contributed by atoms with E-state index in [2.05, 4.69) is 15.1 Å². The zero-order chi connectivity index (χ0) is 21.8. The number of benzene rings is 2. The van der Waals surface area contributed by atoms with E-state index in [0.29, 0.717) is 6.61 Å². The third-order valence-corrected chi connectivity index (χ3v) is 6.23. The average Bonchev–Trinajstić information content (AvgIpc) is 3.16. The van der Waals surface area contributed by atoms with Crippen molar-refractivity contribution in [3.63, 3.8) is 0 Å². The fourth-order valence-corrected chi connectivity index (χ4v) is 4.16. The molecule has 31 heavy (non-hydrogen) atoms. The van der Waals surface area contributed by atoms with Gasteiger partial charge in [0.05, 0.1) is 23.4 Å². The fraction of sp³-hybridized carbons (Fsp3) is 0.182. The second-order valence-corrected chi connectivity index (χ2v) is 8.76. The molecule has 0 atom stereocenters. The van der Waals surface area contributed by atoms with E-state index >= 15 is 0 Å². The predicted molar refractivity (Wildman–Crippen MR) is 120 cm³/mol. The van der Waals surface area contributed by atoms with Gasteiger partial charge in [0, 0.05) is 36.5 Å². The van der Waals surface area contributed by atoms with Gasteiger partial charge in [0.2, 0.25) is 10.0 Å². The van der Waals surface area contributed by atoms with Gasteiger partial charge in [-0.05, 0) is 31.2 Å². The third kappa shape index (κ3) is 4.58. The third-order valence-electron chi connectivity index (χ3n) is 4.75. The Bertz CT molecular complexity index is 1290. The van der Waals surface area contributed by atoms with Gasteiger partial charge in [0.15, 0.2) is 5.65 Å². The molecule has 9 heteroatoms. The Hall–Kier alpha value is -3.27. The standard InChI is InChI=1S/C22H23N5O3S/c1-16-15-23-27-21(14-20(26-22(16)27)17-6-4-3-5-7-17)25-18-8-10-19(11-9-18)31(28,29)24-12-13-30-2/h3-11,14-15,24-25H,12-13H2,1-2H3. The largest absolute Gasteiger partial charge is 0.383 e. The number of sulfonamides is 1. The minimum atomic E-state index is -3.58. The molecule has 0 bridgehead atoms. The Labute approximate surface area is 181 Å². The molecule has 0 aliphatic rings. The Morgan fingerprint density at radius 2 is 1.81 bits per heavy atom. The molecule has 2 aromatic carbocycles. The Kier molecular flexibility index (Phi) is 5.99. The van der Waals surface area contributed by atoms with Gasteiger partial charge in [-0.15, -0.1) is 0 Å². The molecular formula is C22H23N5O3S. The van der Waals surface area contributed by atoms with E-state index in [-0.39, 0.29) is 11.4 Å². The zero-order valence-corrected chi connectivity index (χ0v) is 18.1. The number of aryl methyl sites for hydroxylation is 1. The summed E-state index contributed by atoms with van der Waals surface area (Å²) in [5.74, 6) is 0.728. The molecular weight excluding hydrogens is 414 g/mol. The van der Waals surface area contributed by atoms with E-state index in [1.165, 1.54) is 7.11 Å². The van der Waals surface area contributed by atoms with Gasteiger partial charge >= 0.3 is 0 Å². The Morgan fingerprint density at radius 1 is 1.06 bits per heavy atom. The maximum absolute atomic E-state index is 12.3. The summed E-state index contributed by atoms with van der Waals surface area (Å²) in [6, 6.07) is 18.4. The first-order valence-corrected chi connectivity index (χ1v) is 11.2. The van der Waals surface area contributed by atoms with Crippen molar-refractivity contribution >= 4 is 27.2 Å². The highest BCUT2D eigenvalue weighted by Gasteiger charge is 2.14. The molecule has 0 saturated carbocycles. The fourth-order valence-electron chi connectivity index (χ4n) is 3.15. The molecule has 0 aliphatic carbocycles. The van der Waals surface area contributed by atoms with Gasteiger partial charge in [0.25, 0.3) is 0 Å². The summed E-state index contributed by atoms with van der Waals surface area (Å²) in [7, 11) is -2.06. The molecule has 2 heterocycles. The van der Waals surface area contributed by atoms with Crippen LogP contribution in [0.4, 0.5) is 11.5 Å². The number of anilines is 2. The van der Waals surface area contributed by atoms with Gasteiger partial charge in [-0.2, -0.15) is 9.61 Å². The van der Waals surface area contributed by atoms with E-state index < -0.39 is 10.0 Å². The van der Waals surface area contributed by atoms with Crippen molar-refractivity contribution in [3.8, 4) is 11.3 Å². The lowest BCUT2D eigenvalue weighted by Crippen LogP contribution is -2.27. The summed E-state index contributed by atoms with van der Waals surface area (Å²) < 4.78 is 33.8. The van der Waals surface area contributed by atoms with Gasteiger partial charge in [0.1, 0.15) is 5.82 Å². The summed E-state index contributed by atoms with van der Waals surface area (Å²) in [6.45, 7) is 2.49. The highest BCUT2D eigenvalue weighted by Crippen LogP contribution is 2.26. The first-order chi connectivity index (χ1) is 15.0. The quantitative estimate of drug-likeness (QED) is 0.410. The maximum Gasteiger partial charge on any atom is 0.240 e. The lowest BCUT2D eigenvalue weighted by molar-refractivity contribution is 0.204. The van der Waals surface area contributed by atoms with Crippen molar-refractivity contribution in [2.75, 3.05) is 25.6 Å². The average molecular weight is 438 g/mol. The topological polar surface area (TPSA) is 97.6 Å². The summed E-state index contributed by atoms with van der Waals surface area (Å²) in [5, 5.41) is 7.75. The van der Waals surface area contributed by atoms with Crippen LogP contribution in [0.1, 0.15) is 5.56 Å². The number of hydrogen-bond donors (Lipinski definition) is 2. The second-order valence-electron chi connectivity index (χ2n) is 7.00. The summed E-state index contributed by atoms with van der Waals surface area (Å²) >= 11 is 0. The molecule has 2 aromatic heterocycles. The van der Waals surface area contributed by atoms with E-state index in [1.54, 1.807) is 35.0 Å². The van der Waals surface area contributed by atoms with Crippen LogP contribution in [0.3, 0.4) is 0 Å². The summed E-state index contributed by atoms with van der Waals surface area (Å²) in [6.07, 6.45) is 1.77. The molecule has 0 unspecified atom stereocenters. The monoisotopic (exact) mass is 437 g/mol.